The van der Waals surface area contributed by atoms with Gasteiger partial charge in [0.2, 0.25) is 0 Å². The fourth-order valence-electron chi connectivity index (χ4n) is 1.89. The molecule has 0 N–H and O–H groups in total. The number of fused-ring (bicyclic) bond motifs is 1. The molecule has 0 saturated heterocycles. The minimum atomic E-state index is 0.400. The van der Waals surface area contributed by atoms with Gasteiger partial charge in [-0.1, -0.05) is 30.7 Å². The lowest BCUT2D eigenvalue weighted by molar-refractivity contribution is 0.317. The Morgan fingerprint density at radius 2 is 2.10 bits per heavy atom. The van der Waals surface area contributed by atoms with Crippen molar-refractivity contribution in [3.63, 3.8) is 0 Å². The first-order valence-electron chi connectivity index (χ1n) is 6.39. The fourth-order valence-corrected chi connectivity index (χ4v) is 2.03. The zero-order chi connectivity index (χ0) is 13.9. The van der Waals surface area contributed by atoms with Crippen molar-refractivity contribution in [2.24, 2.45) is 0 Å². The Morgan fingerprint density at radius 3 is 2.95 bits per heavy atom. The molecule has 0 amide bonds. The molecule has 0 atom stereocenters. The monoisotopic (exact) mass is 288 g/mol. The van der Waals surface area contributed by atoms with Gasteiger partial charge >= 0.3 is 0 Å². The summed E-state index contributed by atoms with van der Waals surface area (Å²) in [6.45, 7) is 2.76. The zero-order valence-electron chi connectivity index (χ0n) is 11.0. The van der Waals surface area contributed by atoms with E-state index in [0.29, 0.717) is 23.2 Å². The molecule has 20 heavy (non-hydrogen) atoms. The SMILES string of the molecule is CCCOc1cccc(-c2nnc3ccc(Cl)nn23)c1. The molecule has 0 bridgehead atoms. The largest absolute Gasteiger partial charge is 0.494 e. The second-order valence-corrected chi connectivity index (χ2v) is 4.71. The highest BCUT2D eigenvalue weighted by molar-refractivity contribution is 6.29. The summed E-state index contributed by atoms with van der Waals surface area (Å²) in [4.78, 5) is 0. The third kappa shape index (κ3) is 2.44. The second kappa shape index (κ2) is 5.46. The summed E-state index contributed by atoms with van der Waals surface area (Å²) < 4.78 is 7.25. The van der Waals surface area contributed by atoms with Crippen LogP contribution in [0, 0.1) is 0 Å². The smallest absolute Gasteiger partial charge is 0.185 e. The van der Waals surface area contributed by atoms with Crippen molar-refractivity contribution in [1.82, 2.24) is 19.8 Å². The van der Waals surface area contributed by atoms with Crippen LogP contribution in [0.2, 0.25) is 5.15 Å². The van der Waals surface area contributed by atoms with E-state index in [-0.39, 0.29) is 0 Å². The number of rotatable bonds is 4. The Bertz CT molecular complexity index is 741. The normalized spacial score (nSPS) is 10.9. The minimum Gasteiger partial charge on any atom is -0.494 e. The number of hydrogen-bond acceptors (Lipinski definition) is 4. The average molecular weight is 289 g/mol. The lowest BCUT2D eigenvalue weighted by Gasteiger charge is -2.06. The average Bonchev–Trinajstić information content (AvgIpc) is 2.88. The molecule has 0 aliphatic heterocycles. The number of aromatic nitrogens is 4. The molecule has 0 saturated carbocycles. The van der Waals surface area contributed by atoms with E-state index < -0.39 is 0 Å². The van der Waals surface area contributed by atoms with E-state index in [4.69, 9.17) is 16.3 Å². The zero-order valence-corrected chi connectivity index (χ0v) is 11.7. The molecule has 6 heteroatoms. The van der Waals surface area contributed by atoms with Crippen LogP contribution in [0.4, 0.5) is 0 Å². The molecular weight excluding hydrogens is 276 g/mol. The van der Waals surface area contributed by atoms with Crippen LogP contribution in [0.15, 0.2) is 36.4 Å². The predicted octanol–water partition coefficient (Wildman–Crippen LogP) is 3.23. The standard InChI is InChI=1S/C14H13ClN4O/c1-2-8-20-11-5-3-4-10(9-11)14-17-16-13-7-6-12(15)18-19(13)14/h3-7,9H,2,8H2,1H3. The van der Waals surface area contributed by atoms with E-state index >= 15 is 0 Å². The highest BCUT2D eigenvalue weighted by Gasteiger charge is 2.10. The molecule has 1 aromatic carbocycles. The summed E-state index contributed by atoms with van der Waals surface area (Å²) in [5.41, 5.74) is 1.55. The van der Waals surface area contributed by atoms with Crippen LogP contribution in [-0.2, 0) is 0 Å². The van der Waals surface area contributed by atoms with Gasteiger partial charge in [-0.15, -0.1) is 10.2 Å². The summed E-state index contributed by atoms with van der Waals surface area (Å²) in [5.74, 6) is 1.45. The molecule has 0 fully saturated rings. The first kappa shape index (κ1) is 12.9. The highest BCUT2D eigenvalue weighted by Crippen LogP contribution is 2.23. The number of benzene rings is 1. The van der Waals surface area contributed by atoms with Gasteiger partial charge in [-0.25, -0.2) is 0 Å². The van der Waals surface area contributed by atoms with Gasteiger partial charge in [-0.05, 0) is 30.7 Å². The maximum atomic E-state index is 5.92. The van der Waals surface area contributed by atoms with E-state index in [1.807, 2.05) is 24.3 Å². The van der Waals surface area contributed by atoms with Crippen molar-refractivity contribution in [2.45, 2.75) is 13.3 Å². The van der Waals surface area contributed by atoms with Crippen LogP contribution in [-0.4, -0.2) is 26.4 Å². The first-order chi connectivity index (χ1) is 9.78. The Labute approximate surface area is 121 Å². The van der Waals surface area contributed by atoms with E-state index in [9.17, 15) is 0 Å². The van der Waals surface area contributed by atoms with Crippen molar-refractivity contribution in [3.8, 4) is 17.1 Å². The van der Waals surface area contributed by atoms with Crippen LogP contribution in [0.5, 0.6) is 5.75 Å². The molecule has 0 unspecified atom stereocenters. The van der Waals surface area contributed by atoms with Crippen LogP contribution < -0.4 is 4.74 Å². The van der Waals surface area contributed by atoms with Crippen LogP contribution in [0.3, 0.4) is 0 Å². The summed E-state index contributed by atoms with van der Waals surface area (Å²) in [6.07, 6.45) is 0.968. The van der Waals surface area contributed by atoms with Crippen LogP contribution >= 0.6 is 11.6 Å². The van der Waals surface area contributed by atoms with Crippen LogP contribution in [0.1, 0.15) is 13.3 Å². The quantitative estimate of drug-likeness (QED) is 0.739. The first-order valence-corrected chi connectivity index (χ1v) is 6.77. The maximum Gasteiger partial charge on any atom is 0.185 e. The van der Waals surface area contributed by atoms with Crippen LogP contribution in [0.25, 0.3) is 17.0 Å². The topological polar surface area (TPSA) is 52.3 Å². The van der Waals surface area contributed by atoms with Crippen molar-refractivity contribution in [1.29, 1.82) is 0 Å². The van der Waals surface area contributed by atoms with Gasteiger partial charge in [0.1, 0.15) is 10.9 Å². The third-order valence-electron chi connectivity index (χ3n) is 2.80. The van der Waals surface area contributed by atoms with Crippen molar-refractivity contribution in [3.05, 3.63) is 41.6 Å². The lowest BCUT2D eigenvalue weighted by atomic mass is 10.2. The number of ether oxygens (including phenoxy) is 1. The molecule has 2 aromatic heterocycles. The Balaban J connectivity index is 2.04. The van der Waals surface area contributed by atoms with Gasteiger partial charge < -0.3 is 4.74 Å². The summed E-state index contributed by atoms with van der Waals surface area (Å²) >= 11 is 5.92. The van der Waals surface area contributed by atoms with Crippen molar-refractivity contribution >= 4 is 17.2 Å². The molecule has 3 aromatic rings. The fraction of sp³-hybridized carbons (Fsp3) is 0.214. The third-order valence-corrected chi connectivity index (χ3v) is 3.00. The van der Waals surface area contributed by atoms with Crippen molar-refractivity contribution < 1.29 is 4.74 Å². The Kier molecular flexibility index (Phi) is 3.52. The van der Waals surface area contributed by atoms with Gasteiger partial charge in [0.25, 0.3) is 0 Å². The van der Waals surface area contributed by atoms with E-state index in [1.165, 1.54) is 0 Å². The molecule has 102 valence electrons. The molecule has 0 radical (unpaired) electrons. The molecule has 0 spiro atoms. The second-order valence-electron chi connectivity index (χ2n) is 4.33. The summed E-state index contributed by atoms with van der Waals surface area (Å²) in [5, 5.41) is 12.9. The van der Waals surface area contributed by atoms with Gasteiger partial charge in [-0.3, -0.25) is 0 Å². The lowest BCUT2D eigenvalue weighted by Crippen LogP contribution is -1.97. The molecule has 5 nitrogen and oxygen atoms in total. The number of nitrogens with zero attached hydrogens (tertiary/aromatic N) is 4. The van der Waals surface area contributed by atoms with E-state index in [0.717, 1.165) is 17.7 Å². The predicted molar refractivity (Wildman–Crippen MR) is 77.0 cm³/mol. The molecule has 0 aliphatic rings. The molecular formula is C14H13ClN4O. The minimum absolute atomic E-state index is 0.400. The molecule has 3 rings (SSSR count). The van der Waals surface area contributed by atoms with E-state index in [2.05, 4.69) is 22.2 Å². The highest BCUT2D eigenvalue weighted by atomic mass is 35.5. The van der Waals surface area contributed by atoms with Gasteiger partial charge in [0.05, 0.1) is 6.61 Å². The van der Waals surface area contributed by atoms with Gasteiger partial charge in [0.15, 0.2) is 11.5 Å². The van der Waals surface area contributed by atoms with E-state index in [1.54, 1.807) is 16.6 Å². The molecule has 0 aliphatic carbocycles. The summed E-state index contributed by atoms with van der Waals surface area (Å²) in [7, 11) is 0. The maximum absolute atomic E-state index is 5.92. The number of halogens is 1. The Morgan fingerprint density at radius 1 is 1.20 bits per heavy atom. The van der Waals surface area contributed by atoms with Crippen molar-refractivity contribution in [2.75, 3.05) is 6.61 Å². The van der Waals surface area contributed by atoms with Gasteiger partial charge in [0, 0.05) is 5.56 Å². The molecule has 2 heterocycles. The Hall–Kier alpha value is -2.14. The number of hydrogen-bond donors (Lipinski definition) is 0. The van der Waals surface area contributed by atoms with Gasteiger partial charge in [-0.2, -0.15) is 9.61 Å². The summed E-state index contributed by atoms with van der Waals surface area (Å²) in [6, 6.07) is 11.2.